The van der Waals surface area contributed by atoms with Gasteiger partial charge in [0, 0.05) is 23.9 Å². The molecule has 0 N–H and O–H groups in total. The molecule has 0 saturated carbocycles. The van der Waals surface area contributed by atoms with Crippen LogP contribution >= 0.6 is 45.2 Å². The Labute approximate surface area is 227 Å². The van der Waals surface area contributed by atoms with Gasteiger partial charge in [0.2, 0.25) is 0 Å². The third kappa shape index (κ3) is 6.72. The number of fused-ring (bicyclic) bond motifs is 1. The fraction of sp³-hybridized carbons (Fsp3) is 0.385. The molecule has 0 saturated heterocycles. The number of nitrogens with zero attached hydrogens (tertiary/aromatic N) is 1. The lowest BCUT2D eigenvalue weighted by molar-refractivity contribution is -0.144. The highest BCUT2D eigenvalue weighted by atomic mass is 127. The van der Waals surface area contributed by atoms with E-state index in [4.69, 9.17) is 13.9 Å². The SMILES string of the molecule is CCCCc1oc2ccccc2c1C(=O)c1cc(I)c(OCCN(C)CC(=O)OCC)c(I)c1. The Morgan fingerprint density at radius 1 is 1.09 bits per heavy atom. The smallest absolute Gasteiger partial charge is 0.320 e. The number of ketones is 1. The Kier molecular flexibility index (Phi) is 10.2. The number of hydrogen-bond donors (Lipinski definition) is 0. The zero-order chi connectivity index (χ0) is 24.7. The van der Waals surface area contributed by atoms with E-state index in [0.717, 1.165) is 48.9 Å². The fourth-order valence-corrected chi connectivity index (χ4v) is 5.72. The van der Waals surface area contributed by atoms with Crippen molar-refractivity contribution in [2.45, 2.75) is 33.1 Å². The van der Waals surface area contributed by atoms with Crippen molar-refractivity contribution in [2.24, 2.45) is 0 Å². The van der Waals surface area contributed by atoms with Crippen molar-refractivity contribution in [3.8, 4) is 5.75 Å². The maximum Gasteiger partial charge on any atom is 0.320 e. The highest BCUT2D eigenvalue weighted by Crippen LogP contribution is 2.33. The topological polar surface area (TPSA) is 69.0 Å². The van der Waals surface area contributed by atoms with Crippen molar-refractivity contribution in [2.75, 3.05) is 33.4 Å². The molecule has 0 radical (unpaired) electrons. The standard InChI is InChI=1S/C26H29I2NO5/c1-4-6-10-22-24(18-9-7-8-11-21(18)34-22)25(31)17-14-19(27)26(20(28)15-17)33-13-12-29(3)16-23(30)32-5-2/h7-9,11,14-15H,4-6,10,12-13,16H2,1-3H3. The molecule has 0 amide bonds. The number of rotatable bonds is 12. The average molecular weight is 689 g/mol. The van der Waals surface area contributed by atoms with Crippen LogP contribution in [0.2, 0.25) is 0 Å². The molecule has 8 heteroatoms. The molecule has 3 rings (SSSR count). The molecular formula is C26H29I2NO5. The van der Waals surface area contributed by atoms with Crippen LogP contribution in [0.25, 0.3) is 11.0 Å². The third-order valence-corrected chi connectivity index (χ3v) is 6.94. The zero-order valence-electron chi connectivity index (χ0n) is 19.7. The van der Waals surface area contributed by atoms with E-state index >= 15 is 0 Å². The van der Waals surface area contributed by atoms with E-state index in [1.165, 1.54) is 0 Å². The molecule has 34 heavy (non-hydrogen) atoms. The first-order valence-electron chi connectivity index (χ1n) is 11.4. The summed E-state index contributed by atoms with van der Waals surface area (Å²) in [4.78, 5) is 27.1. The van der Waals surface area contributed by atoms with E-state index in [1.807, 2.05) is 48.3 Å². The highest BCUT2D eigenvalue weighted by Gasteiger charge is 2.23. The second kappa shape index (κ2) is 12.9. The monoisotopic (exact) mass is 689 g/mol. The number of aryl methyl sites for hydroxylation is 1. The first-order valence-corrected chi connectivity index (χ1v) is 13.5. The zero-order valence-corrected chi connectivity index (χ0v) is 24.0. The number of unbranched alkanes of at least 4 members (excludes halogenated alkanes) is 1. The molecule has 3 aromatic rings. The van der Waals surface area contributed by atoms with Crippen molar-refractivity contribution in [1.82, 2.24) is 4.90 Å². The number of para-hydroxylation sites is 1. The van der Waals surface area contributed by atoms with Crippen LogP contribution in [0.1, 0.15) is 48.4 Å². The summed E-state index contributed by atoms with van der Waals surface area (Å²) in [5.41, 5.74) is 2.02. The molecule has 0 fully saturated rings. The molecule has 2 aromatic carbocycles. The molecule has 1 heterocycles. The van der Waals surface area contributed by atoms with Gasteiger partial charge in [-0.25, -0.2) is 0 Å². The first-order chi connectivity index (χ1) is 16.3. The third-order valence-electron chi connectivity index (χ3n) is 5.34. The molecule has 0 aliphatic carbocycles. The molecule has 0 aliphatic heterocycles. The predicted molar refractivity (Wildman–Crippen MR) is 150 cm³/mol. The molecular weight excluding hydrogens is 660 g/mol. The number of halogens is 2. The molecule has 0 spiro atoms. The van der Waals surface area contributed by atoms with Crippen LogP contribution in [0, 0.1) is 7.14 Å². The number of likely N-dealkylation sites (N-methyl/N-ethyl adjacent to an activating group) is 1. The van der Waals surface area contributed by atoms with E-state index in [0.29, 0.717) is 30.9 Å². The van der Waals surface area contributed by atoms with Crippen LogP contribution < -0.4 is 4.74 Å². The van der Waals surface area contributed by atoms with Gasteiger partial charge in [-0.3, -0.25) is 14.5 Å². The first kappa shape index (κ1) is 26.9. The normalized spacial score (nSPS) is 11.2. The van der Waals surface area contributed by atoms with Crippen LogP contribution in [0.3, 0.4) is 0 Å². The second-order valence-electron chi connectivity index (χ2n) is 7.99. The largest absolute Gasteiger partial charge is 0.490 e. The van der Waals surface area contributed by atoms with Crippen molar-refractivity contribution in [3.05, 3.63) is 60.4 Å². The van der Waals surface area contributed by atoms with Crippen LogP contribution in [-0.4, -0.2) is 50.0 Å². The average Bonchev–Trinajstić information content (AvgIpc) is 3.17. The Hall–Kier alpha value is -1.66. The summed E-state index contributed by atoms with van der Waals surface area (Å²) < 4.78 is 18.8. The summed E-state index contributed by atoms with van der Waals surface area (Å²) in [5.74, 6) is 1.21. The molecule has 182 valence electrons. The van der Waals surface area contributed by atoms with Gasteiger partial charge in [-0.2, -0.15) is 0 Å². The summed E-state index contributed by atoms with van der Waals surface area (Å²) in [7, 11) is 1.85. The van der Waals surface area contributed by atoms with Crippen LogP contribution in [-0.2, 0) is 16.0 Å². The molecule has 0 unspecified atom stereocenters. The minimum absolute atomic E-state index is 0.0346. The van der Waals surface area contributed by atoms with Gasteiger partial charge in [-0.05, 0) is 83.8 Å². The number of furan rings is 1. The van der Waals surface area contributed by atoms with Crippen molar-refractivity contribution < 1.29 is 23.5 Å². The summed E-state index contributed by atoms with van der Waals surface area (Å²) in [5, 5.41) is 0.855. The van der Waals surface area contributed by atoms with Gasteiger partial charge in [0.15, 0.2) is 5.78 Å². The molecule has 6 nitrogen and oxygen atoms in total. The number of esters is 1. The molecule has 0 aliphatic rings. The maximum atomic E-state index is 13.6. The van der Waals surface area contributed by atoms with Crippen LogP contribution in [0.5, 0.6) is 5.75 Å². The van der Waals surface area contributed by atoms with Gasteiger partial charge < -0.3 is 13.9 Å². The summed E-state index contributed by atoms with van der Waals surface area (Å²) >= 11 is 4.41. The summed E-state index contributed by atoms with van der Waals surface area (Å²) in [6.07, 6.45) is 2.73. The lowest BCUT2D eigenvalue weighted by atomic mass is 9.98. The van der Waals surface area contributed by atoms with E-state index in [1.54, 1.807) is 6.92 Å². The Bertz CT molecular complexity index is 1130. The molecule has 0 atom stereocenters. The van der Waals surface area contributed by atoms with Crippen molar-refractivity contribution >= 4 is 67.9 Å². The van der Waals surface area contributed by atoms with Crippen LogP contribution in [0.15, 0.2) is 40.8 Å². The number of carbonyl (C=O) groups excluding carboxylic acids is 2. The lowest BCUT2D eigenvalue weighted by Gasteiger charge is -2.17. The predicted octanol–water partition coefficient (Wildman–Crippen LogP) is 6.09. The van der Waals surface area contributed by atoms with Crippen LogP contribution in [0.4, 0.5) is 0 Å². The van der Waals surface area contributed by atoms with E-state index in [-0.39, 0.29) is 18.3 Å². The fourth-order valence-electron chi connectivity index (χ4n) is 3.64. The number of ether oxygens (including phenoxy) is 2. The van der Waals surface area contributed by atoms with Gasteiger partial charge in [-0.15, -0.1) is 0 Å². The second-order valence-corrected chi connectivity index (χ2v) is 10.3. The maximum absolute atomic E-state index is 13.6. The minimum Gasteiger partial charge on any atom is -0.490 e. The van der Waals surface area contributed by atoms with Crippen molar-refractivity contribution in [3.63, 3.8) is 0 Å². The number of carbonyl (C=O) groups is 2. The van der Waals surface area contributed by atoms with Gasteiger partial charge in [0.25, 0.3) is 0 Å². The molecule has 1 aromatic heterocycles. The van der Waals surface area contributed by atoms with E-state index in [9.17, 15) is 9.59 Å². The Balaban J connectivity index is 1.77. The summed E-state index contributed by atoms with van der Waals surface area (Å²) in [6, 6.07) is 11.4. The lowest BCUT2D eigenvalue weighted by Crippen LogP contribution is -2.31. The number of hydrogen-bond acceptors (Lipinski definition) is 6. The van der Waals surface area contributed by atoms with Gasteiger partial charge in [-0.1, -0.05) is 31.5 Å². The van der Waals surface area contributed by atoms with Gasteiger partial charge in [0.1, 0.15) is 23.7 Å². The van der Waals surface area contributed by atoms with Crippen molar-refractivity contribution in [1.29, 1.82) is 0 Å². The minimum atomic E-state index is -0.248. The highest BCUT2D eigenvalue weighted by molar-refractivity contribution is 14.1. The Morgan fingerprint density at radius 2 is 1.79 bits per heavy atom. The van der Waals surface area contributed by atoms with E-state index in [2.05, 4.69) is 52.1 Å². The number of benzene rings is 2. The summed E-state index contributed by atoms with van der Waals surface area (Å²) in [6.45, 7) is 5.51. The van der Waals surface area contributed by atoms with Gasteiger partial charge in [0.05, 0.1) is 25.9 Å². The molecule has 0 bridgehead atoms. The Morgan fingerprint density at radius 3 is 2.47 bits per heavy atom. The quantitative estimate of drug-likeness (QED) is 0.130. The van der Waals surface area contributed by atoms with E-state index < -0.39 is 0 Å². The van der Waals surface area contributed by atoms with Gasteiger partial charge >= 0.3 is 5.97 Å².